The third-order valence-corrected chi connectivity index (χ3v) is 1.06. The largest absolute Gasteiger partial charge is 0.456 e. The van der Waals surface area contributed by atoms with Gasteiger partial charge < -0.3 is 9.47 Å². The van der Waals surface area contributed by atoms with Gasteiger partial charge in [-0.1, -0.05) is 0 Å². The number of nitrogens with zero attached hydrogens (tertiary/aromatic N) is 2. The van der Waals surface area contributed by atoms with Crippen LogP contribution in [0.3, 0.4) is 0 Å². The molecule has 6 heteroatoms. The number of hydrogen-bond acceptors (Lipinski definition) is 6. The van der Waals surface area contributed by atoms with Crippen molar-refractivity contribution in [2.45, 2.75) is 12.8 Å². The van der Waals surface area contributed by atoms with Crippen LogP contribution in [-0.2, 0) is 19.1 Å². The Bertz CT molecular complexity index is 257. The zero-order valence-corrected chi connectivity index (χ0v) is 7.36. The van der Waals surface area contributed by atoms with Crippen LogP contribution in [0.15, 0.2) is 0 Å². The molecule has 0 N–H and O–H groups in total. The van der Waals surface area contributed by atoms with Crippen molar-refractivity contribution in [2.24, 2.45) is 0 Å². The van der Waals surface area contributed by atoms with Crippen molar-refractivity contribution in [1.29, 1.82) is 10.5 Å². The lowest BCUT2D eigenvalue weighted by atomic mass is 10.5. The molecule has 0 fully saturated rings. The number of carbonyl (C=O) groups is 2. The van der Waals surface area contributed by atoms with E-state index in [1.54, 1.807) is 12.1 Å². The maximum absolute atomic E-state index is 10.7. The van der Waals surface area contributed by atoms with Crippen molar-refractivity contribution in [1.82, 2.24) is 0 Å². The first-order valence-corrected chi connectivity index (χ1v) is 3.80. The fraction of sp³-hybridized carbons (Fsp3) is 0.500. The Morgan fingerprint density at radius 3 is 1.57 bits per heavy atom. The van der Waals surface area contributed by atoms with E-state index < -0.39 is 11.9 Å². The van der Waals surface area contributed by atoms with Gasteiger partial charge in [-0.2, -0.15) is 10.5 Å². The molecule has 0 aliphatic heterocycles. The van der Waals surface area contributed by atoms with E-state index in [9.17, 15) is 9.59 Å². The number of rotatable bonds is 4. The molecule has 0 amide bonds. The molecule has 0 heterocycles. The Hall–Kier alpha value is -2.08. The van der Waals surface area contributed by atoms with Gasteiger partial charge in [0, 0.05) is 0 Å². The lowest BCUT2D eigenvalue weighted by Crippen LogP contribution is -2.21. The molecule has 0 bridgehead atoms. The van der Waals surface area contributed by atoms with Crippen LogP contribution in [0.25, 0.3) is 0 Å². The highest BCUT2D eigenvalue weighted by Crippen LogP contribution is 1.88. The van der Waals surface area contributed by atoms with Crippen molar-refractivity contribution in [3.63, 3.8) is 0 Å². The summed E-state index contributed by atoms with van der Waals surface area (Å²) in [7, 11) is 0. The Kier molecular flexibility index (Phi) is 6.44. The highest BCUT2D eigenvalue weighted by atomic mass is 16.6. The van der Waals surface area contributed by atoms with E-state index in [2.05, 4.69) is 9.47 Å². The molecular weight excluding hydrogens is 188 g/mol. The summed E-state index contributed by atoms with van der Waals surface area (Å²) >= 11 is 0. The lowest BCUT2D eigenvalue weighted by molar-refractivity contribution is -0.167. The topological polar surface area (TPSA) is 100 Å². The standard InChI is InChI=1S/C8H8N2O4/c9-3-1-5-13-7(11)8(12)14-6-2-4-10/h1-2,5-6H2. The Morgan fingerprint density at radius 1 is 0.929 bits per heavy atom. The van der Waals surface area contributed by atoms with E-state index in [1.165, 1.54) is 0 Å². The van der Waals surface area contributed by atoms with Crippen LogP contribution in [0.5, 0.6) is 0 Å². The predicted molar refractivity (Wildman–Crippen MR) is 42.4 cm³/mol. The van der Waals surface area contributed by atoms with Crippen molar-refractivity contribution >= 4 is 11.9 Å². The number of carbonyl (C=O) groups excluding carboxylic acids is 2. The summed E-state index contributed by atoms with van der Waals surface area (Å²) in [5.41, 5.74) is 0. The molecule has 74 valence electrons. The number of esters is 2. The molecule has 0 aliphatic rings. The van der Waals surface area contributed by atoms with Crippen LogP contribution in [0.1, 0.15) is 12.8 Å². The molecule has 0 rings (SSSR count). The van der Waals surface area contributed by atoms with Crippen molar-refractivity contribution in [3.05, 3.63) is 0 Å². The molecule has 14 heavy (non-hydrogen) atoms. The van der Waals surface area contributed by atoms with Crippen LogP contribution in [-0.4, -0.2) is 25.2 Å². The molecule has 0 unspecified atom stereocenters. The Balaban J connectivity index is 3.62. The molecule has 0 aliphatic carbocycles. The summed E-state index contributed by atoms with van der Waals surface area (Å²) in [4.78, 5) is 21.4. The summed E-state index contributed by atoms with van der Waals surface area (Å²) < 4.78 is 8.71. The molecule has 6 nitrogen and oxygen atoms in total. The lowest BCUT2D eigenvalue weighted by Gasteiger charge is -2.01. The molecule has 0 aromatic carbocycles. The van der Waals surface area contributed by atoms with E-state index in [-0.39, 0.29) is 26.1 Å². The molecule has 0 atom stereocenters. The van der Waals surface area contributed by atoms with Gasteiger partial charge >= 0.3 is 11.9 Å². The van der Waals surface area contributed by atoms with Crippen molar-refractivity contribution < 1.29 is 19.1 Å². The van der Waals surface area contributed by atoms with Crippen LogP contribution in [0.2, 0.25) is 0 Å². The van der Waals surface area contributed by atoms with Gasteiger partial charge in [-0.15, -0.1) is 0 Å². The molecule has 0 spiro atoms. The number of ether oxygens (including phenoxy) is 2. The van der Waals surface area contributed by atoms with Gasteiger partial charge in [0.05, 0.1) is 25.0 Å². The van der Waals surface area contributed by atoms with E-state index in [0.717, 1.165) is 0 Å². The molecule has 0 aromatic rings. The highest BCUT2D eigenvalue weighted by molar-refractivity contribution is 6.29. The van der Waals surface area contributed by atoms with Crippen LogP contribution in [0, 0.1) is 22.7 Å². The van der Waals surface area contributed by atoms with E-state index in [1.807, 2.05) is 0 Å². The number of hydrogen-bond donors (Lipinski definition) is 0. The average molecular weight is 196 g/mol. The van der Waals surface area contributed by atoms with Crippen LogP contribution < -0.4 is 0 Å². The number of nitriles is 2. The normalized spacial score (nSPS) is 8.14. The van der Waals surface area contributed by atoms with Gasteiger partial charge in [0.1, 0.15) is 13.2 Å². The third kappa shape index (κ3) is 5.56. The average Bonchev–Trinajstić information content (AvgIpc) is 2.18. The third-order valence-electron chi connectivity index (χ3n) is 1.06. The van der Waals surface area contributed by atoms with Crippen molar-refractivity contribution in [2.75, 3.05) is 13.2 Å². The molecule has 0 saturated carbocycles. The van der Waals surface area contributed by atoms with Gasteiger partial charge in [0.2, 0.25) is 0 Å². The second-order valence-electron chi connectivity index (χ2n) is 2.09. The predicted octanol–water partition coefficient (Wildman–Crippen LogP) is -0.0998. The van der Waals surface area contributed by atoms with Gasteiger partial charge in [-0.25, -0.2) is 9.59 Å². The SMILES string of the molecule is N#CCCOC(=O)C(=O)OCCC#N. The van der Waals surface area contributed by atoms with Gasteiger partial charge in [-0.05, 0) is 0 Å². The minimum absolute atomic E-state index is 0.0250. The van der Waals surface area contributed by atoms with E-state index >= 15 is 0 Å². The van der Waals surface area contributed by atoms with Crippen LogP contribution >= 0.6 is 0 Å². The molecule has 0 saturated heterocycles. The highest BCUT2D eigenvalue weighted by Gasteiger charge is 2.16. The van der Waals surface area contributed by atoms with Gasteiger partial charge in [0.15, 0.2) is 0 Å². The second kappa shape index (κ2) is 7.56. The van der Waals surface area contributed by atoms with E-state index in [0.29, 0.717) is 0 Å². The smallest absolute Gasteiger partial charge is 0.417 e. The minimum Gasteiger partial charge on any atom is -0.456 e. The maximum Gasteiger partial charge on any atom is 0.417 e. The van der Waals surface area contributed by atoms with E-state index in [4.69, 9.17) is 10.5 Å². The minimum atomic E-state index is -1.14. The van der Waals surface area contributed by atoms with Gasteiger partial charge in [-0.3, -0.25) is 0 Å². The summed E-state index contributed by atoms with van der Waals surface area (Å²) in [6.07, 6.45) is 0.0500. The Labute approximate surface area is 80.6 Å². The fourth-order valence-corrected chi connectivity index (χ4v) is 0.497. The van der Waals surface area contributed by atoms with Gasteiger partial charge in [0.25, 0.3) is 0 Å². The summed E-state index contributed by atoms with van der Waals surface area (Å²) in [6, 6.07) is 3.48. The first-order chi connectivity index (χ1) is 6.72. The molecular formula is C8H8N2O4. The monoisotopic (exact) mass is 196 g/mol. The first kappa shape index (κ1) is 11.9. The first-order valence-electron chi connectivity index (χ1n) is 3.80. The maximum atomic E-state index is 10.7. The fourth-order valence-electron chi connectivity index (χ4n) is 0.497. The summed E-state index contributed by atoms with van der Waals surface area (Å²) in [5.74, 6) is -2.28. The summed E-state index contributed by atoms with van der Waals surface area (Å²) in [5, 5.41) is 16.2. The Morgan fingerprint density at radius 2 is 1.29 bits per heavy atom. The zero-order valence-electron chi connectivity index (χ0n) is 7.36. The van der Waals surface area contributed by atoms with Crippen molar-refractivity contribution in [3.8, 4) is 12.1 Å². The molecule has 0 aromatic heterocycles. The second-order valence-corrected chi connectivity index (χ2v) is 2.09. The zero-order chi connectivity index (χ0) is 10.8. The summed E-state index contributed by atoms with van der Waals surface area (Å²) in [6.45, 7) is -0.272. The molecule has 0 radical (unpaired) electrons. The van der Waals surface area contributed by atoms with Crippen LogP contribution in [0.4, 0.5) is 0 Å². The quantitative estimate of drug-likeness (QED) is 0.353.